The molecule has 4 nitrogen and oxygen atoms in total. The molecule has 0 aromatic heterocycles. The van der Waals surface area contributed by atoms with Gasteiger partial charge in [-0.3, -0.25) is 9.59 Å². The van der Waals surface area contributed by atoms with Crippen molar-refractivity contribution >= 4 is 35.0 Å². The largest absolute Gasteiger partial charge is 0.355 e. The fourth-order valence-electron chi connectivity index (χ4n) is 2.64. The molecule has 2 rings (SSSR count). The molecule has 0 fully saturated rings. The minimum Gasteiger partial charge on any atom is -0.355 e. The predicted octanol–water partition coefficient (Wildman–Crippen LogP) is 4.09. The van der Waals surface area contributed by atoms with Gasteiger partial charge in [-0.05, 0) is 43.2 Å². The van der Waals surface area contributed by atoms with Crippen LogP contribution in [0.4, 0.5) is 0 Å². The molecule has 6 heteroatoms. The molecule has 2 amide bonds. The number of hydrogen-bond donors (Lipinski definition) is 1. The molecule has 0 aliphatic carbocycles. The first-order valence-electron chi connectivity index (χ1n) is 8.47. The van der Waals surface area contributed by atoms with Gasteiger partial charge in [-0.25, -0.2) is 0 Å². The third kappa shape index (κ3) is 5.48. The number of hydrogen-bond acceptors (Lipinski definition) is 2. The molecule has 2 aromatic carbocycles. The van der Waals surface area contributed by atoms with E-state index in [0.717, 1.165) is 11.1 Å². The van der Waals surface area contributed by atoms with Crippen molar-refractivity contribution in [3.05, 3.63) is 69.7 Å². The van der Waals surface area contributed by atoms with E-state index in [0.29, 0.717) is 23.1 Å². The van der Waals surface area contributed by atoms with E-state index in [2.05, 4.69) is 5.32 Å². The van der Waals surface area contributed by atoms with Crippen LogP contribution < -0.4 is 5.32 Å². The lowest BCUT2D eigenvalue weighted by Gasteiger charge is -2.29. The molecule has 0 saturated carbocycles. The maximum Gasteiger partial charge on any atom is 0.242 e. The summed E-state index contributed by atoms with van der Waals surface area (Å²) in [6.45, 7) is 4.37. The van der Waals surface area contributed by atoms with Gasteiger partial charge in [0.05, 0.1) is 6.42 Å². The zero-order valence-electron chi connectivity index (χ0n) is 14.8. The average Bonchev–Trinajstić information content (AvgIpc) is 2.61. The number of nitrogens with zero attached hydrogens (tertiary/aromatic N) is 1. The van der Waals surface area contributed by atoms with E-state index < -0.39 is 6.04 Å². The van der Waals surface area contributed by atoms with Gasteiger partial charge in [-0.2, -0.15) is 0 Å². The summed E-state index contributed by atoms with van der Waals surface area (Å²) in [5.74, 6) is -0.362. The highest BCUT2D eigenvalue weighted by molar-refractivity contribution is 6.31. The normalized spacial score (nSPS) is 11.7. The van der Waals surface area contributed by atoms with Crippen LogP contribution in [0.25, 0.3) is 0 Å². The molecular weight excluding hydrogens is 371 g/mol. The first-order valence-corrected chi connectivity index (χ1v) is 9.23. The standard InChI is InChI=1S/C20H22Cl2N2O2/c1-3-23-20(26)14(2)24(13-15-7-6-9-17(21)11-15)19(25)12-16-8-4-5-10-18(16)22/h4-11,14H,3,12-13H2,1-2H3,(H,23,26)/t14-/m1/s1. The predicted molar refractivity (Wildman–Crippen MR) is 105 cm³/mol. The van der Waals surface area contributed by atoms with Gasteiger partial charge in [0.25, 0.3) is 0 Å². The van der Waals surface area contributed by atoms with Crippen molar-refractivity contribution in [3.63, 3.8) is 0 Å². The van der Waals surface area contributed by atoms with Crippen LogP contribution in [0.5, 0.6) is 0 Å². The Morgan fingerprint density at radius 2 is 1.85 bits per heavy atom. The molecule has 0 spiro atoms. The number of halogens is 2. The van der Waals surface area contributed by atoms with Crippen molar-refractivity contribution in [3.8, 4) is 0 Å². The highest BCUT2D eigenvalue weighted by Gasteiger charge is 2.26. The van der Waals surface area contributed by atoms with Crippen LogP contribution in [-0.2, 0) is 22.6 Å². The van der Waals surface area contributed by atoms with Crippen LogP contribution in [0, 0.1) is 0 Å². The van der Waals surface area contributed by atoms with Crippen molar-refractivity contribution in [2.24, 2.45) is 0 Å². The van der Waals surface area contributed by atoms with Gasteiger partial charge in [0, 0.05) is 23.1 Å². The van der Waals surface area contributed by atoms with Crippen molar-refractivity contribution in [2.75, 3.05) is 6.54 Å². The van der Waals surface area contributed by atoms with Gasteiger partial charge in [0.2, 0.25) is 11.8 Å². The highest BCUT2D eigenvalue weighted by atomic mass is 35.5. The molecule has 0 bridgehead atoms. The Hall–Kier alpha value is -2.04. The molecule has 2 aromatic rings. The fraction of sp³-hybridized carbons (Fsp3) is 0.300. The maximum atomic E-state index is 13.0. The Labute approximate surface area is 164 Å². The summed E-state index contributed by atoms with van der Waals surface area (Å²) in [5, 5.41) is 3.89. The Bertz CT molecular complexity index is 780. The average molecular weight is 393 g/mol. The van der Waals surface area contributed by atoms with E-state index in [1.807, 2.05) is 37.3 Å². The molecule has 1 N–H and O–H groups in total. The molecule has 26 heavy (non-hydrogen) atoms. The van der Waals surface area contributed by atoms with Crippen molar-refractivity contribution in [1.82, 2.24) is 10.2 Å². The fourth-order valence-corrected chi connectivity index (χ4v) is 3.06. The third-order valence-electron chi connectivity index (χ3n) is 4.06. The second-order valence-corrected chi connectivity index (χ2v) is 6.83. The summed E-state index contributed by atoms with van der Waals surface area (Å²) in [7, 11) is 0. The SMILES string of the molecule is CCNC(=O)[C@@H](C)N(Cc1cccc(Cl)c1)C(=O)Cc1ccccc1Cl. The van der Waals surface area contributed by atoms with Crippen LogP contribution in [0.1, 0.15) is 25.0 Å². The third-order valence-corrected chi connectivity index (χ3v) is 4.66. The van der Waals surface area contributed by atoms with Gasteiger partial charge in [-0.1, -0.05) is 53.5 Å². The van der Waals surface area contributed by atoms with Crippen LogP contribution in [0.15, 0.2) is 48.5 Å². The lowest BCUT2D eigenvalue weighted by Crippen LogP contribution is -2.48. The van der Waals surface area contributed by atoms with E-state index in [4.69, 9.17) is 23.2 Å². The lowest BCUT2D eigenvalue weighted by molar-refractivity contribution is -0.140. The topological polar surface area (TPSA) is 49.4 Å². The monoisotopic (exact) mass is 392 g/mol. The summed E-state index contributed by atoms with van der Waals surface area (Å²) in [6.07, 6.45) is 0.129. The van der Waals surface area contributed by atoms with Gasteiger partial charge in [0.15, 0.2) is 0 Å². The van der Waals surface area contributed by atoms with Crippen molar-refractivity contribution in [1.29, 1.82) is 0 Å². The second kappa shape index (κ2) is 9.60. The number of carbonyl (C=O) groups excluding carboxylic acids is 2. The van der Waals surface area contributed by atoms with Crippen LogP contribution in [0.3, 0.4) is 0 Å². The molecule has 1 atom stereocenters. The molecule has 0 aliphatic heterocycles. The zero-order valence-corrected chi connectivity index (χ0v) is 16.3. The molecule has 0 unspecified atom stereocenters. The van der Waals surface area contributed by atoms with E-state index in [9.17, 15) is 9.59 Å². The minimum absolute atomic E-state index is 0.129. The zero-order chi connectivity index (χ0) is 19.1. The summed E-state index contributed by atoms with van der Waals surface area (Å²) in [6, 6.07) is 13.9. The molecular formula is C20H22Cl2N2O2. The first-order chi connectivity index (χ1) is 12.4. The van der Waals surface area contributed by atoms with Gasteiger partial charge < -0.3 is 10.2 Å². The Morgan fingerprint density at radius 3 is 2.50 bits per heavy atom. The summed E-state index contributed by atoms with van der Waals surface area (Å²) in [4.78, 5) is 26.8. The quantitative estimate of drug-likeness (QED) is 0.771. The molecule has 0 aliphatic rings. The number of carbonyl (C=O) groups is 2. The van der Waals surface area contributed by atoms with Crippen LogP contribution >= 0.6 is 23.2 Å². The summed E-state index contributed by atoms with van der Waals surface area (Å²) in [5.41, 5.74) is 1.60. The van der Waals surface area contributed by atoms with E-state index in [-0.39, 0.29) is 18.2 Å². The number of rotatable bonds is 7. The summed E-state index contributed by atoms with van der Waals surface area (Å²) < 4.78 is 0. The maximum absolute atomic E-state index is 13.0. The smallest absolute Gasteiger partial charge is 0.242 e. The van der Waals surface area contributed by atoms with Gasteiger partial charge in [0.1, 0.15) is 6.04 Å². The molecule has 0 radical (unpaired) electrons. The molecule has 0 heterocycles. The van der Waals surface area contributed by atoms with Crippen molar-refractivity contribution in [2.45, 2.75) is 32.9 Å². The molecule has 0 saturated heterocycles. The Morgan fingerprint density at radius 1 is 1.12 bits per heavy atom. The van der Waals surface area contributed by atoms with E-state index >= 15 is 0 Å². The van der Waals surface area contributed by atoms with Crippen LogP contribution in [0.2, 0.25) is 10.0 Å². The second-order valence-electron chi connectivity index (χ2n) is 5.99. The number of nitrogens with one attached hydrogen (secondary N) is 1. The number of amides is 2. The van der Waals surface area contributed by atoms with Crippen LogP contribution in [-0.4, -0.2) is 29.3 Å². The van der Waals surface area contributed by atoms with E-state index in [1.165, 1.54) is 0 Å². The first kappa shape index (κ1) is 20.3. The Balaban J connectivity index is 2.25. The van der Waals surface area contributed by atoms with E-state index in [1.54, 1.807) is 30.0 Å². The number of likely N-dealkylation sites (N-methyl/N-ethyl adjacent to an activating group) is 1. The summed E-state index contributed by atoms with van der Waals surface area (Å²) >= 11 is 12.2. The van der Waals surface area contributed by atoms with Crippen molar-refractivity contribution < 1.29 is 9.59 Å². The minimum atomic E-state index is -0.607. The van der Waals surface area contributed by atoms with Gasteiger partial charge in [-0.15, -0.1) is 0 Å². The molecule has 138 valence electrons. The highest BCUT2D eigenvalue weighted by Crippen LogP contribution is 2.19. The lowest BCUT2D eigenvalue weighted by atomic mass is 10.1. The Kier molecular flexibility index (Phi) is 7.49. The van der Waals surface area contributed by atoms with Gasteiger partial charge >= 0.3 is 0 Å². The number of benzene rings is 2.